The second kappa shape index (κ2) is 4.01. The maximum Gasteiger partial charge on any atom is 0.223 e. The van der Waals surface area contributed by atoms with Crippen LogP contribution in [-0.2, 0) is 11.3 Å². The first-order valence-electron chi connectivity index (χ1n) is 5.19. The average molecular weight is 207 g/mol. The summed E-state index contributed by atoms with van der Waals surface area (Å²) in [5.74, 6) is 0.426. The van der Waals surface area contributed by atoms with Crippen molar-refractivity contribution in [2.45, 2.75) is 19.9 Å². The maximum atomic E-state index is 13.2. The van der Waals surface area contributed by atoms with Gasteiger partial charge in [-0.2, -0.15) is 0 Å². The monoisotopic (exact) mass is 207 g/mol. The van der Waals surface area contributed by atoms with Gasteiger partial charge >= 0.3 is 0 Å². The fourth-order valence-electron chi connectivity index (χ4n) is 1.64. The lowest BCUT2D eigenvalue weighted by Gasteiger charge is -2.05. The van der Waals surface area contributed by atoms with Crippen molar-refractivity contribution >= 4 is 5.91 Å². The summed E-state index contributed by atoms with van der Waals surface area (Å²) in [6.07, 6.45) is 0.961. The van der Waals surface area contributed by atoms with Crippen molar-refractivity contribution in [3.05, 3.63) is 35.6 Å². The van der Waals surface area contributed by atoms with Crippen LogP contribution in [0.25, 0.3) is 0 Å². The van der Waals surface area contributed by atoms with Crippen molar-refractivity contribution in [1.29, 1.82) is 0 Å². The first-order chi connectivity index (χ1) is 7.18. The highest BCUT2D eigenvalue weighted by Crippen LogP contribution is 2.37. The maximum absolute atomic E-state index is 13.2. The molecule has 0 aliphatic heterocycles. The highest BCUT2D eigenvalue weighted by molar-refractivity contribution is 5.81. The SMILES string of the molecule is CC1CC1C(=O)NCc1ccccc1F. The standard InChI is InChI=1S/C12H14FNO/c1-8-6-10(8)12(15)14-7-9-4-2-3-5-11(9)13/h2-5,8,10H,6-7H2,1H3,(H,14,15). The van der Waals surface area contributed by atoms with Gasteiger partial charge in [-0.3, -0.25) is 4.79 Å². The van der Waals surface area contributed by atoms with E-state index in [0.29, 0.717) is 11.5 Å². The summed E-state index contributed by atoms with van der Waals surface area (Å²) in [4.78, 5) is 11.5. The lowest BCUT2D eigenvalue weighted by molar-refractivity contribution is -0.122. The van der Waals surface area contributed by atoms with Crippen molar-refractivity contribution < 1.29 is 9.18 Å². The van der Waals surface area contributed by atoms with E-state index in [1.165, 1.54) is 6.07 Å². The average Bonchev–Trinajstić information content (AvgIpc) is 2.94. The molecule has 80 valence electrons. The predicted octanol–water partition coefficient (Wildman–Crippen LogP) is 2.10. The summed E-state index contributed by atoms with van der Waals surface area (Å²) in [5.41, 5.74) is 0.541. The molecule has 2 atom stereocenters. The van der Waals surface area contributed by atoms with Gasteiger partial charge in [0.2, 0.25) is 5.91 Å². The van der Waals surface area contributed by atoms with Gasteiger partial charge in [-0.05, 0) is 18.4 Å². The summed E-state index contributed by atoms with van der Waals surface area (Å²) >= 11 is 0. The van der Waals surface area contributed by atoms with E-state index in [1.54, 1.807) is 18.2 Å². The van der Waals surface area contributed by atoms with Gasteiger partial charge in [-0.15, -0.1) is 0 Å². The zero-order chi connectivity index (χ0) is 10.8. The van der Waals surface area contributed by atoms with Crippen molar-refractivity contribution in [2.75, 3.05) is 0 Å². The first-order valence-corrected chi connectivity index (χ1v) is 5.19. The molecule has 1 aromatic carbocycles. The third kappa shape index (κ3) is 2.35. The van der Waals surface area contributed by atoms with Crippen LogP contribution < -0.4 is 5.32 Å². The number of rotatable bonds is 3. The Morgan fingerprint density at radius 1 is 1.53 bits per heavy atom. The third-order valence-electron chi connectivity index (χ3n) is 2.86. The minimum atomic E-state index is -0.262. The van der Waals surface area contributed by atoms with E-state index in [-0.39, 0.29) is 24.2 Å². The molecule has 15 heavy (non-hydrogen) atoms. The molecule has 1 amide bonds. The van der Waals surface area contributed by atoms with E-state index >= 15 is 0 Å². The van der Waals surface area contributed by atoms with E-state index < -0.39 is 0 Å². The molecule has 0 heterocycles. The Morgan fingerprint density at radius 3 is 2.80 bits per heavy atom. The van der Waals surface area contributed by atoms with Gasteiger partial charge in [0.05, 0.1) is 0 Å². The van der Waals surface area contributed by atoms with Crippen molar-refractivity contribution in [1.82, 2.24) is 5.32 Å². The van der Waals surface area contributed by atoms with E-state index in [2.05, 4.69) is 5.32 Å². The number of hydrogen-bond acceptors (Lipinski definition) is 1. The quantitative estimate of drug-likeness (QED) is 0.808. The van der Waals surface area contributed by atoms with Crippen LogP contribution in [-0.4, -0.2) is 5.91 Å². The highest BCUT2D eigenvalue weighted by atomic mass is 19.1. The third-order valence-corrected chi connectivity index (χ3v) is 2.86. The lowest BCUT2D eigenvalue weighted by Crippen LogP contribution is -2.25. The molecule has 0 aromatic heterocycles. The Kier molecular flexibility index (Phi) is 2.71. The van der Waals surface area contributed by atoms with Crippen LogP contribution >= 0.6 is 0 Å². The normalized spacial score (nSPS) is 23.6. The molecule has 1 aliphatic rings. The molecule has 2 unspecified atom stereocenters. The van der Waals surface area contributed by atoms with Crippen molar-refractivity contribution in [3.8, 4) is 0 Å². The molecule has 0 spiro atoms. The summed E-state index contributed by atoms with van der Waals surface area (Å²) in [6, 6.07) is 6.50. The number of nitrogens with one attached hydrogen (secondary N) is 1. The van der Waals surface area contributed by atoms with Crippen LogP contribution in [0.2, 0.25) is 0 Å². The van der Waals surface area contributed by atoms with Crippen LogP contribution in [0.5, 0.6) is 0 Å². The fourth-order valence-corrected chi connectivity index (χ4v) is 1.64. The van der Waals surface area contributed by atoms with Gasteiger partial charge in [0.1, 0.15) is 5.82 Å². The second-order valence-electron chi connectivity index (χ2n) is 4.13. The largest absolute Gasteiger partial charge is 0.352 e. The van der Waals surface area contributed by atoms with Crippen LogP contribution in [0.15, 0.2) is 24.3 Å². The number of carbonyl (C=O) groups excluding carboxylic acids is 1. The molecule has 3 heteroatoms. The fraction of sp³-hybridized carbons (Fsp3) is 0.417. The van der Waals surface area contributed by atoms with Gasteiger partial charge in [0, 0.05) is 18.0 Å². The number of halogens is 1. The minimum absolute atomic E-state index is 0.0470. The summed E-state index contributed by atoms with van der Waals surface area (Å²) in [6.45, 7) is 2.34. The Morgan fingerprint density at radius 2 is 2.20 bits per heavy atom. The molecule has 2 rings (SSSR count). The molecule has 1 N–H and O–H groups in total. The molecule has 1 saturated carbocycles. The van der Waals surface area contributed by atoms with Crippen LogP contribution in [0.4, 0.5) is 4.39 Å². The van der Waals surface area contributed by atoms with E-state index in [4.69, 9.17) is 0 Å². The summed E-state index contributed by atoms with van der Waals surface area (Å²) in [5, 5.41) is 2.75. The smallest absolute Gasteiger partial charge is 0.223 e. The minimum Gasteiger partial charge on any atom is -0.352 e. The second-order valence-corrected chi connectivity index (χ2v) is 4.13. The van der Waals surface area contributed by atoms with Gasteiger partial charge in [0.25, 0.3) is 0 Å². The number of carbonyl (C=O) groups is 1. The topological polar surface area (TPSA) is 29.1 Å². The Hall–Kier alpha value is -1.38. The van der Waals surface area contributed by atoms with E-state index in [0.717, 1.165) is 6.42 Å². The zero-order valence-electron chi connectivity index (χ0n) is 8.66. The molecule has 1 aliphatic carbocycles. The van der Waals surface area contributed by atoms with Gasteiger partial charge in [-0.1, -0.05) is 25.1 Å². The lowest BCUT2D eigenvalue weighted by atomic mass is 10.2. The van der Waals surface area contributed by atoms with Crippen LogP contribution in [0.1, 0.15) is 18.9 Å². The molecular weight excluding hydrogens is 193 g/mol. The molecule has 1 fully saturated rings. The molecule has 0 bridgehead atoms. The first kappa shape index (κ1) is 10.1. The van der Waals surface area contributed by atoms with E-state index in [9.17, 15) is 9.18 Å². The predicted molar refractivity (Wildman–Crippen MR) is 55.5 cm³/mol. The number of hydrogen-bond donors (Lipinski definition) is 1. The Bertz CT molecular complexity index is 378. The molecule has 2 nitrogen and oxygen atoms in total. The van der Waals surface area contributed by atoms with Gasteiger partial charge in [0.15, 0.2) is 0 Å². The molecular formula is C12H14FNO. The van der Waals surface area contributed by atoms with Gasteiger partial charge in [-0.25, -0.2) is 4.39 Å². The summed E-state index contributed by atoms with van der Waals surface area (Å²) < 4.78 is 13.2. The van der Waals surface area contributed by atoms with E-state index in [1.807, 2.05) is 6.92 Å². The Labute approximate surface area is 88.5 Å². The molecule has 0 radical (unpaired) electrons. The number of amides is 1. The van der Waals surface area contributed by atoms with Gasteiger partial charge < -0.3 is 5.32 Å². The Balaban J connectivity index is 1.88. The van der Waals surface area contributed by atoms with Crippen LogP contribution in [0.3, 0.4) is 0 Å². The van der Waals surface area contributed by atoms with Crippen molar-refractivity contribution in [3.63, 3.8) is 0 Å². The highest BCUT2D eigenvalue weighted by Gasteiger charge is 2.38. The summed E-state index contributed by atoms with van der Waals surface area (Å²) in [7, 11) is 0. The number of benzene rings is 1. The van der Waals surface area contributed by atoms with Crippen molar-refractivity contribution in [2.24, 2.45) is 11.8 Å². The zero-order valence-corrected chi connectivity index (χ0v) is 8.66. The molecule has 1 aromatic rings. The van der Waals surface area contributed by atoms with Crippen LogP contribution in [0, 0.1) is 17.7 Å². The molecule has 0 saturated heterocycles.